The van der Waals surface area contributed by atoms with E-state index < -0.39 is 0 Å². The van der Waals surface area contributed by atoms with Crippen molar-refractivity contribution in [3.05, 3.63) is 29.0 Å². The second kappa shape index (κ2) is 4.37. The summed E-state index contributed by atoms with van der Waals surface area (Å²) in [6, 6.07) is 4.67. The molecule has 0 aromatic heterocycles. The van der Waals surface area contributed by atoms with Crippen LogP contribution in [-0.2, 0) is 4.74 Å². The molecule has 2 rings (SSSR count). The number of halogens is 2. The van der Waals surface area contributed by atoms with Crippen LogP contribution in [0.25, 0.3) is 0 Å². The van der Waals surface area contributed by atoms with E-state index >= 15 is 0 Å². The molecule has 2 atom stereocenters. The normalized spacial score (nSPS) is 25.5. The van der Waals surface area contributed by atoms with Gasteiger partial charge < -0.3 is 10.1 Å². The van der Waals surface area contributed by atoms with Crippen molar-refractivity contribution >= 4 is 17.3 Å². The van der Waals surface area contributed by atoms with Crippen molar-refractivity contribution in [2.75, 3.05) is 11.9 Å². The predicted molar refractivity (Wildman–Crippen MR) is 58.9 cm³/mol. The molecule has 4 heteroatoms. The van der Waals surface area contributed by atoms with E-state index in [0.717, 1.165) is 13.0 Å². The van der Waals surface area contributed by atoms with Crippen molar-refractivity contribution < 1.29 is 9.13 Å². The van der Waals surface area contributed by atoms with Gasteiger partial charge in [0.15, 0.2) is 0 Å². The van der Waals surface area contributed by atoms with Crippen LogP contribution in [0.2, 0.25) is 5.02 Å². The minimum absolute atomic E-state index is 0.114. The van der Waals surface area contributed by atoms with E-state index in [1.165, 1.54) is 12.1 Å². The Kier molecular flexibility index (Phi) is 3.12. The highest BCUT2D eigenvalue weighted by Gasteiger charge is 2.24. The summed E-state index contributed by atoms with van der Waals surface area (Å²) >= 11 is 5.80. The van der Waals surface area contributed by atoms with Gasteiger partial charge in [0, 0.05) is 11.6 Å². The van der Waals surface area contributed by atoms with Crippen molar-refractivity contribution in [1.29, 1.82) is 0 Å². The van der Waals surface area contributed by atoms with Gasteiger partial charge in [-0.15, -0.1) is 0 Å². The Morgan fingerprint density at radius 1 is 1.53 bits per heavy atom. The van der Waals surface area contributed by atoms with E-state index in [2.05, 4.69) is 5.32 Å². The lowest BCUT2D eigenvalue weighted by molar-refractivity contribution is 0.121. The van der Waals surface area contributed by atoms with E-state index in [1.54, 1.807) is 6.07 Å². The van der Waals surface area contributed by atoms with Gasteiger partial charge in [-0.3, -0.25) is 0 Å². The van der Waals surface area contributed by atoms with Crippen LogP contribution in [0, 0.1) is 5.82 Å². The van der Waals surface area contributed by atoms with Crippen LogP contribution in [0.1, 0.15) is 13.3 Å². The predicted octanol–water partition coefficient (Wildman–Crippen LogP) is 3.07. The molecule has 1 aromatic rings. The number of nitrogens with one attached hydrogen (secondary N) is 1. The summed E-state index contributed by atoms with van der Waals surface area (Å²) in [7, 11) is 0. The molecule has 2 unspecified atom stereocenters. The van der Waals surface area contributed by atoms with Crippen molar-refractivity contribution in [1.82, 2.24) is 0 Å². The summed E-state index contributed by atoms with van der Waals surface area (Å²) in [5.41, 5.74) is 0.449. The van der Waals surface area contributed by atoms with E-state index in [0.29, 0.717) is 10.7 Å². The molecule has 1 N–H and O–H groups in total. The molecule has 2 nitrogen and oxygen atoms in total. The third-order valence-corrected chi connectivity index (χ3v) is 2.88. The first kappa shape index (κ1) is 10.7. The molecule has 1 aliphatic rings. The van der Waals surface area contributed by atoms with Crippen molar-refractivity contribution in [2.45, 2.75) is 25.5 Å². The summed E-state index contributed by atoms with van der Waals surface area (Å²) in [5, 5.41) is 3.65. The van der Waals surface area contributed by atoms with Gasteiger partial charge in [0.25, 0.3) is 0 Å². The van der Waals surface area contributed by atoms with Gasteiger partial charge >= 0.3 is 0 Å². The first-order valence-electron chi connectivity index (χ1n) is 5.00. The zero-order valence-electron chi connectivity index (χ0n) is 8.47. The van der Waals surface area contributed by atoms with Gasteiger partial charge in [0.1, 0.15) is 5.82 Å². The molecule has 15 heavy (non-hydrogen) atoms. The minimum atomic E-state index is -0.279. The van der Waals surface area contributed by atoms with E-state index in [4.69, 9.17) is 16.3 Å². The Labute approximate surface area is 93.4 Å². The Morgan fingerprint density at radius 3 is 3.00 bits per heavy atom. The third-order valence-electron chi connectivity index (χ3n) is 2.65. The molecule has 0 spiro atoms. The molecule has 0 saturated carbocycles. The number of rotatable bonds is 2. The zero-order chi connectivity index (χ0) is 10.8. The first-order chi connectivity index (χ1) is 7.16. The van der Waals surface area contributed by atoms with Gasteiger partial charge in [-0.05, 0) is 31.5 Å². The van der Waals surface area contributed by atoms with Crippen LogP contribution >= 0.6 is 11.6 Å². The van der Waals surface area contributed by atoms with Gasteiger partial charge in [-0.25, -0.2) is 4.39 Å². The molecule has 1 heterocycles. The Morgan fingerprint density at radius 2 is 2.33 bits per heavy atom. The highest BCUT2D eigenvalue weighted by atomic mass is 35.5. The molecule has 0 radical (unpaired) electrons. The van der Waals surface area contributed by atoms with Crippen LogP contribution in [0.15, 0.2) is 18.2 Å². The lowest BCUT2D eigenvalue weighted by Crippen LogP contribution is -2.27. The zero-order valence-corrected chi connectivity index (χ0v) is 9.22. The molecular formula is C11H13ClFNO. The summed E-state index contributed by atoms with van der Waals surface area (Å²) in [6.45, 7) is 2.70. The molecule has 82 valence electrons. The van der Waals surface area contributed by atoms with Gasteiger partial charge in [0.2, 0.25) is 0 Å². The average Bonchev–Trinajstić information content (AvgIpc) is 2.58. The quantitative estimate of drug-likeness (QED) is 0.842. The standard InChI is InChI=1S/C11H13ClFNO/c1-7-10(4-5-15-7)14-11-6-8(12)2-3-9(11)13/h2-3,6-7,10,14H,4-5H2,1H3. The fraction of sp³-hybridized carbons (Fsp3) is 0.455. The number of ether oxygens (including phenoxy) is 1. The first-order valence-corrected chi connectivity index (χ1v) is 5.38. The lowest BCUT2D eigenvalue weighted by atomic mass is 10.1. The van der Waals surface area contributed by atoms with Crippen LogP contribution in [0.3, 0.4) is 0 Å². The summed E-state index contributed by atoms with van der Waals surface area (Å²) in [4.78, 5) is 0. The number of anilines is 1. The fourth-order valence-corrected chi connectivity index (χ4v) is 1.90. The molecule has 1 fully saturated rings. The Hall–Kier alpha value is -0.800. The van der Waals surface area contributed by atoms with E-state index in [-0.39, 0.29) is 18.0 Å². The molecule has 0 aliphatic carbocycles. The molecule has 1 saturated heterocycles. The van der Waals surface area contributed by atoms with Crippen LogP contribution in [-0.4, -0.2) is 18.8 Å². The average molecular weight is 230 g/mol. The lowest BCUT2D eigenvalue weighted by Gasteiger charge is -2.17. The highest BCUT2D eigenvalue weighted by Crippen LogP contribution is 2.23. The number of hydrogen-bond acceptors (Lipinski definition) is 2. The molecule has 1 aliphatic heterocycles. The van der Waals surface area contributed by atoms with Crippen LogP contribution in [0.4, 0.5) is 10.1 Å². The third kappa shape index (κ3) is 2.41. The van der Waals surface area contributed by atoms with Gasteiger partial charge in [-0.1, -0.05) is 11.6 Å². The molecule has 1 aromatic carbocycles. The SMILES string of the molecule is CC1OCCC1Nc1cc(Cl)ccc1F. The number of hydrogen-bond donors (Lipinski definition) is 1. The van der Waals surface area contributed by atoms with Crippen molar-refractivity contribution in [3.8, 4) is 0 Å². The second-order valence-corrected chi connectivity index (χ2v) is 4.18. The highest BCUT2D eigenvalue weighted by molar-refractivity contribution is 6.30. The topological polar surface area (TPSA) is 21.3 Å². The molecule has 0 bridgehead atoms. The van der Waals surface area contributed by atoms with E-state index in [1.807, 2.05) is 6.92 Å². The maximum absolute atomic E-state index is 13.4. The van der Waals surface area contributed by atoms with Gasteiger partial charge in [-0.2, -0.15) is 0 Å². The second-order valence-electron chi connectivity index (χ2n) is 3.74. The van der Waals surface area contributed by atoms with Gasteiger partial charge in [0.05, 0.1) is 17.8 Å². The maximum atomic E-state index is 13.4. The van der Waals surface area contributed by atoms with Crippen molar-refractivity contribution in [3.63, 3.8) is 0 Å². The van der Waals surface area contributed by atoms with Crippen LogP contribution < -0.4 is 5.32 Å². The number of benzene rings is 1. The summed E-state index contributed by atoms with van der Waals surface area (Å²) < 4.78 is 18.8. The monoisotopic (exact) mass is 229 g/mol. The summed E-state index contributed by atoms with van der Waals surface area (Å²) in [5.74, 6) is -0.279. The van der Waals surface area contributed by atoms with Crippen molar-refractivity contribution in [2.24, 2.45) is 0 Å². The summed E-state index contributed by atoms with van der Waals surface area (Å²) in [6.07, 6.45) is 1.01. The molecule has 0 amide bonds. The Balaban J connectivity index is 2.12. The maximum Gasteiger partial charge on any atom is 0.146 e. The largest absolute Gasteiger partial charge is 0.377 e. The van der Waals surface area contributed by atoms with E-state index in [9.17, 15) is 4.39 Å². The molecular weight excluding hydrogens is 217 g/mol. The fourth-order valence-electron chi connectivity index (χ4n) is 1.73. The Bertz CT molecular complexity index is 358. The smallest absolute Gasteiger partial charge is 0.146 e. The van der Waals surface area contributed by atoms with Crippen LogP contribution in [0.5, 0.6) is 0 Å². The minimum Gasteiger partial charge on any atom is -0.377 e.